The molecule has 10 heteroatoms. The number of nitrogens with zero attached hydrogens (tertiary/aromatic N) is 1. The van der Waals surface area contributed by atoms with Crippen LogP contribution in [0.25, 0.3) is 0 Å². The van der Waals surface area contributed by atoms with Crippen molar-refractivity contribution in [1.29, 1.82) is 0 Å². The average molecular weight is 1100 g/mol. The summed E-state index contributed by atoms with van der Waals surface area (Å²) >= 11 is 0. The average Bonchev–Trinajstić information content (AvgIpc) is 3.39. The molecule has 0 fully saturated rings. The van der Waals surface area contributed by atoms with E-state index in [4.69, 9.17) is 13.8 Å². The predicted molar refractivity (Wildman–Crippen MR) is 330 cm³/mol. The molecule has 0 aromatic carbocycles. The molecule has 0 bridgehead atoms. The van der Waals surface area contributed by atoms with Crippen LogP contribution in [0, 0.1) is 0 Å². The molecule has 0 heterocycles. The van der Waals surface area contributed by atoms with Crippen LogP contribution in [-0.4, -0.2) is 69.4 Å². The Balaban J connectivity index is 5.21. The number of allylic oxidation sites excluding steroid dienone is 11. The van der Waals surface area contributed by atoms with Gasteiger partial charge in [0.15, 0.2) is 0 Å². The van der Waals surface area contributed by atoms with Gasteiger partial charge in [-0.2, -0.15) is 0 Å². The van der Waals surface area contributed by atoms with Crippen LogP contribution in [0.4, 0.5) is 0 Å². The van der Waals surface area contributed by atoms with Crippen LogP contribution in [0.5, 0.6) is 0 Å². The fraction of sp³-hybridized carbons (Fsp3) is 0.791. The first kappa shape index (κ1) is 74.5. The molecular weight excluding hydrogens is 976 g/mol. The number of phosphoric acid groups is 1. The molecule has 0 aliphatic heterocycles. The lowest BCUT2D eigenvalue weighted by molar-refractivity contribution is -0.870. The summed E-state index contributed by atoms with van der Waals surface area (Å²) in [5.41, 5.74) is 0. The predicted octanol–water partition coefficient (Wildman–Crippen LogP) is 19.4. The Bertz CT molecular complexity index is 1550. The fourth-order valence-corrected chi connectivity index (χ4v) is 9.94. The molecule has 0 aliphatic rings. The van der Waals surface area contributed by atoms with Gasteiger partial charge in [0.05, 0.1) is 33.8 Å². The van der Waals surface area contributed by atoms with Crippen molar-refractivity contribution in [3.63, 3.8) is 0 Å². The smallest absolute Gasteiger partial charge is 0.306 e. The second-order valence-corrected chi connectivity index (χ2v) is 24.3. The fourth-order valence-electron chi connectivity index (χ4n) is 9.22. The number of rotatable bonds is 58. The standard InChI is InChI=1S/C67H123N2O7P/c1-7-10-13-16-19-22-25-28-30-32-33-34-35-36-37-38-40-42-45-48-51-54-57-60-67(71)76-65(58-55-52-49-46-43-27-24-21-18-15-12-9-3)64(63-75-77(72,73)74-62-61-69(4,5)6)68-66(70)59-56-53-50-47-44-41-39-31-29-26-23-20-17-14-11-8-2/h11,14,20,23,29,31,41,44,50,53,55,58,64-65H,7-10,12-13,15-19,21-22,24-28,30,32-40,42-43,45-49,51-52,54,56-57,59-63H2,1-6H3,(H-,68,70,72,73)/b14-11+,23-20+,31-29+,44-41+,53-50+,58-55-. The number of unbranched alkanes of at least 4 members (excludes halogenated alkanes) is 32. The molecule has 3 unspecified atom stereocenters. The van der Waals surface area contributed by atoms with Gasteiger partial charge >= 0.3 is 5.97 Å². The van der Waals surface area contributed by atoms with Crippen LogP contribution in [0.3, 0.4) is 0 Å². The van der Waals surface area contributed by atoms with Crippen molar-refractivity contribution in [2.24, 2.45) is 0 Å². The largest absolute Gasteiger partial charge is 0.756 e. The highest BCUT2D eigenvalue weighted by Gasteiger charge is 2.27. The Kier molecular flexibility index (Phi) is 54.8. The molecule has 0 saturated carbocycles. The minimum Gasteiger partial charge on any atom is -0.756 e. The molecule has 77 heavy (non-hydrogen) atoms. The summed E-state index contributed by atoms with van der Waals surface area (Å²) in [4.78, 5) is 40.0. The van der Waals surface area contributed by atoms with Crippen molar-refractivity contribution in [1.82, 2.24) is 5.32 Å². The van der Waals surface area contributed by atoms with Crippen LogP contribution >= 0.6 is 7.82 Å². The van der Waals surface area contributed by atoms with Gasteiger partial charge in [-0.1, -0.05) is 287 Å². The van der Waals surface area contributed by atoms with Gasteiger partial charge in [0.25, 0.3) is 7.82 Å². The van der Waals surface area contributed by atoms with Gasteiger partial charge in [-0.25, -0.2) is 0 Å². The van der Waals surface area contributed by atoms with Gasteiger partial charge in [-0.05, 0) is 63.9 Å². The van der Waals surface area contributed by atoms with E-state index in [1.165, 1.54) is 180 Å². The quantitative estimate of drug-likeness (QED) is 0.0212. The van der Waals surface area contributed by atoms with Gasteiger partial charge < -0.3 is 28.5 Å². The van der Waals surface area contributed by atoms with Crippen molar-refractivity contribution in [3.8, 4) is 0 Å². The van der Waals surface area contributed by atoms with Gasteiger partial charge in [0, 0.05) is 12.8 Å². The molecule has 0 rings (SSSR count). The number of esters is 1. The third kappa shape index (κ3) is 57.9. The highest BCUT2D eigenvalue weighted by Crippen LogP contribution is 2.38. The van der Waals surface area contributed by atoms with Crippen LogP contribution < -0.4 is 10.2 Å². The van der Waals surface area contributed by atoms with E-state index in [9.17, 15) is 19.0 Å². The van der Waals surface area contributed by atoms with E-state index < -0.39 is 26.6 Å². The minimum atomic E-state index is -4.72. The van der Waals surface area contributed by atoms with E-state index in [0.29, 0.717) is 17.4 Å². The van der Waals surface area contributed by atoms with Gasteiger partial charge in [0.2, 0.25) is 5.91 Å². The Hall–Kier alpha value is -2.55. The maximum Gasteiger partial charge on any atom is 0.306 e. The molecule has 0 saturated heterocycles. The molecule has 448 valence electrons. The highest BCUT2D eigenvalue weighted by atomic mass is 31.2. The summed E-state index contributed by atoms with van der Waals surface area (Å²) in [6.07, 6.45) is 73.3. The molecule has 9 nitrogen and oxygen atoms in total. The summed E-state index contributed by atoms with van der Waals surface area (Å²) in [6, 6.07) is -0.928. The van der Waals surface area contributed by atoms with E-state index in [2.05, 4.69) is 74.7 Å². The van der Waals surface area contributed by atoms with Crippen molar-refractivity contribution in [2.75, 3.05) is 40.9 Å². The number of carbonyl (C=O) groups excluding carboxylic acids is 2. The van der Waals surface area contributed by atoms with Crippen LogP contribution in [0.1, 0.15) is 290 Å². The Morgan fingerprint density at radius 2 is 0.844 bits per heavy atom. The van der Waals surface area contributed by atoms with E-state index in [-0.39, 0.29) is 31.3 Å². The Labute approximate surface area is 476 Å². The van der Waals surface area contributed by atoms with Crippen molar-refractivity contribution in [3.05, 3.63) is 72.9 Å². The lowest BCUT2D eigenvalue weighted by Crippen LogP contribution is -2.47. The van der Waals surface area contributed by atoms with Gasteiger partial charge in [0.1, 0.15) is 19.3 Å². The monoisotopic (exact) mass is 1100 g/mol. The third-order valence-corrected chi connectivity index (χ3v) is 15.1. The molecule has 1 amide bonds. The first-order valence-electron chi connectivity index (χ1n) is 32.2. The van der Waals surface area contributed by atoms with E-state index >= 15 is 0 Å². The zero-order valence-electron chi connectivity index (χ0n) is 51.2. The van der Waals surface area contributed by atoms with E-state index in [1.54, 1.807) is 0 Å². The first-order valence-corrected chi connectivity index (χ1v) is 33.7. The van der Waals surface area contributed by atoms with Crippen LogP contribution in [0.2, 0.25) is 0 Å². The van der Waals surface area contributed by atoms with E-state index in [1.807, 2.05) is 45.4 Å². The Morgan fingerprint density at radius 1 is 0.468 bits per heavy atom. The summed E-state index contributed by atoms with van der Waals surface area (Å²) in [5, 5.41) is 2.98. The molecule has 0 aromatic rings. The molecule has 0 aromatic heterocycles. The zero-order valence-corrected chi connectivity index (χ0v) is 52.0. The summed E-state index contributed by atoms with van der Waals surface area (Å²) < 4.78 is 30.3. The number of quaternary nitrogens is 1. The maximum absolute atomic E-state index is 13.5. The number of likely N-dealkylation sites (N-methyl/N-ethyl adjacent to an activating group) is 1. The molecular formula is C67H123N2O7P. The molecule has 3 atom stereocenters. The van der Waals surface area contributed by atoms with Crippen molar-refractivity contribution in [2.45, 2.75) is 303 Å². The first-order chi connectivity index (χ1) is 37.4. The molecule has 0 radical (unpaired) electrons. The summed E-state index contributed by atoms with van der Waals surface area (Å²) in [5.74, 6) is -0.630. The zero-order chi connectivity index (χ0) is 56.4. The van der Waals surface area contributed by atoms with E-state index in [0.717, 1.165) is 70.6 Å². The third-order valence-electron chi connectivity index (χ3n) is 14.2. The second kappa shape index (κ2) is 56.7. The summed E-state index contributed by atoms with van der Waals surface area (Å²) in [7, 11) is 1.14. The molecule has 1 N–H and O–H groups in total. The van der Waals surface area contributed by atoms with Crippen molar-refractivity contribution < 1.29 is 37.3 Å². The van der Waals surface area contributed by atoms with Crippen LogP contribution in [0.15, 0.2) is 72.9 Å². The van der Waals surface area contributed by atoms with Gasteiger partial charge in [-0.3, -0.25) is 14.2 Å². The van der Waals surface area contributed by atoms with Gasteiger partial charge in [-0.15, -0.1) is 0 Å². The number of ether oxygens (including phenoxy) is 1. The number of carbonyl (C=O) groups is 2. The normalized spacial score (nSPS) is 14.1. The molecule has 0 aliphatic carbocycles. The number of hydrogen-bond donors (Lipinski definition) is 1. The SMILES string of the molecule is CC/C=C/C/C=C/C/C=C/C/C=C/C/C=C/CCC(=O)NC(COP(=O)([O-])OCC[N+](C)(C)C)C(/C=C\CCCCCCCCCCCC)OC(=O)CCCCCCCCCCCCCCCCCCCCCCCCC. The Morgan fingerprint density at radius 3 is 1.25 bits per heavy atom. The lowest BCUT2D eigenvalue weighted by atomic mass is 10.0. The number of nitrogens with one attached hydrogen (secondary N) is 1. The topological polar surface area (TPSA) is 114 Å². The summed E-state index contributed by atoms with van der Waals surface area (Å²) in [6.45, 7) is 6.69. The number of hydrogen-bond acceptors (Lipinski definition) is 7. The number of phosphoric ester groups is 1. The highest BCUT2D eigenvalue weighted by molar-refractivity contribution is 7.45. The lowest BCUT2D eigenvalue weighted by Gasteiger charge is -2.30. The van der Waals surface area contributed by atoms with Crippen LogP contribution in [-0.2, 0) is 27.9 Å². The number of amides is 1. The second-order valence-electron chi connectivity index (χ2n) is 22.9. The maximum atomic E-state index is 13.5. The minimum absolute atomic E-state index is 0.0364. The van der Waals surface area contributed by atoms with Crippen molar-refractivity contribution >= 4 is 19.7 Å². The molecule has 0 spiro atoms.